The Hall–Kier alpha value is -6.65. The van der Waals surface area contributed by atoms with Crippen LogP contribution in [0.5, 0.6) is 0 Å². The fourth-order valence-electron chi connectivity index (χ4n) is 6.77. The highest BCUT2D eigenvalue weighted by Gasteiger charge is 2.25. The molecule has 0 unspecified atom stereocenters. The van der Waals surface area contributed by atoms with Crippen molar-refractivity contribution in [3.8, 4) is 39.4 Å². The summed E-state index contributed by atoms with van der Waals surface area (Å²) < 4.78 is 231. The maximum absolute atomic E-state index is 10.0. The zero-order valence-electron chi connectivity index (χ0n) is 48.2. The van der Waals surface area contributed by atoms with Crippen molar-refractivity contribution >= 4 is 76.4 Å². The first-order valence-corrected chi connectivity index (χ1v) is 14.7. The number of aromatic nitrogens is 2. The second kappa shape index (κ2) is 9.03. The van der Waals surface area contributed by atoms with Crippen molar-refractivity contribution in [3.05, 3.63) is 145 Å². The number of nitrogens with zero attached hydrogens (tertiary/aromatic N) is 2. The van der Waals surface area contributed by atoms with Gasteiger partial charge < -0.3 is 13.4 Å². The van der Waals surface area contributed by atoms with Crippen LogP contribution in [0.3, 0.4) is 0 Å². The van der Waals surface area contributed by atoms with Gasteiger partial charge in [-0.2, -0.15) is 0 Å². The first kappa shape index (κ1) is 12.1. The fourth-order valence-corrected chi connectivity index (χ4v) is 6.77. The molecular formula is C45H24N2O2. The Morgan fingerprint density at radius 1 is 0.469 bits per heavy atom. The molecule has 0 radical (unpaired) electrons. The first-order chi connectivity index (χ1) is 34.3. The van der Waals surface area contributed by atoms with Gasteiger partial charge in [0.2, 0.25) is 5.89 Å². The molecule has 226 valence electrons. The number of para-hydroxylation sites is 2. The third-order valence-electron chi connectivity index (χ3n) is 8.75. The fraction of sp³-hybridized carbons (Fsp3) is 0. The Morgan fingerprint density at radius 2 is 1.20 bits per heavy atom. The van der Waals surface area contributed by atoms with Crippen LogP contribution in [0.4, 0.5) is 0 Å². The van der Waals surface area contributed by atoms with Gasteiger partial charge in [-0.1, -0.05) is 96.7 Å². The molecule has 4 nitrogen and oxygen atoms in total. The molecule has 0 N–H and O–H groups in total. The molecule has 12 rings (SSSR count). The molecule has 3 heterocycles. The molecule has 1 aliphatic carbocycles. The zero-order valence-corrected chi connectivity index (χ0v) is 24.2. The van der Waals surface area contributed by atoms with Crippen LogP contribution in [0.25, 0.3) is 116 Å². The maximum Gasteiger partial charge on any atom is 0.227 e. The minimum Gasteiger partial charge on any atom is -0.455 e. The molecule has 0 bridgehead atoms. The predicted molar refractivity (Wildman–Crippen MR) is 201 cm³/mol. The summed E-state index contributed by atoms with van der Waals surface area (Å²) in [5.41, 5.74) is -5.82. The minimum absolute atomic E-state index is 0.258. The van der Waals surface area contributed by atoms with E-state index < -0.39 is 245 Å². The molecule has 3 aromatic heterocycles. The van der Waals surface area contributed by atoms with Crippen LogP contribution in [0, 0.1) is 0 Å². The molecule has 0 atom stereocenters. The van der Waals surface area contributed by atoms with Crippen LogP contribution in [0.1, 0.15) is 32.9 Å². The van der Waals surface area contributed by atoms with Crippen molar-refractivity contribution in [1.29, 1.82) is 0 Å². The molecule has 0 fully saturated rings. The highest BCUT2D eigenvalue weighted by molar-refractivity contribution is 6.30. The van der Waals surface area contributed by atoms with Crippen LogP contribution in [0.2, 0.25) is 0 Å². The maximum atomic E-state index is 10.0. The molecule has 0 saturated heterocycles. The molecular weight excluding hydrogens is 601 g/mol. The summed E-state index contributed by atoms with van der Waals surface area (Å²) in [6.07, 6.45) is 0. The van der Waals surface area contributed by atoms with E-state index in [4.69, 9.17) is 28.0 Å². The second-order valence-corrected chi connectivity index (χ2v) is 11.2. The van der Waals surface area contributed by atoms with E-state index in [2.05, 4.69) is 4.98 Å². The van der Waals surface area contributed by atoms with Crippen molar-refractivity contribution < 1.29 is 41.7 Å². The van der Waals surface area contributed by atoms with E-state index in [1.807, 2.05) is 0 Å². The lowest BCUT2D eigenvalue weighted by atomic mass is 9.93. The molecule has 0 saturated carbocycles. The van der Waals surface area contributed by atoms with Gasteiger partial charge in [0.25, 0.3) is 0 Å². The average Bonchev–Trinajstić information content (AvgIpc) is 4.06. The topological polar surface area (TPSA) is 44.1 Å². The van der Waals surface area contributed by atoms with E-state index in [9.17, 15) is 13.7 Å². The highest BCUT2D eigenvalue weighted by atomic mass is 16.3. The van der Waals surface area contributed by atoms with E-state index in [1.165, 1.54) is 0 Å². The van der Waals surface area contributed by atoms with Gasteiger partial charge in [-0.3, -0.25) is 0 Å². The van der Waals surface area contributed by atoms with Crippen molar-refractivity contribution in [2.45, 2.75) is 0 Å². The zero-order chi connectivity index (χ0) is 52.7. The van der Waals surface area contributed by atoms with Crippen LogP contribution in [0.15, 0.2) is 154 Å². The summed E-state index contributed by atoms with van der Waals surface area (Å²) >= 11 is 0. The second-order valence-electron chi connectivity index (χ2n) is 11.2. The van der Waals surface area contributed by atoms with E-state index in [0.29, 0.717) is 0 Å². The Labute approximate surface area is 312 Å². The molecule has 49 heavy (non-hydrogen) atoms. The smallest absolute Gasteiger partial charge is 0.227 e. The Bertz CT molecular complexity index is 4570. The summed E-state index contributed by atoms with van der Waals surface area (Å²) in [7, 11) is 0. The minimum atomic E-state index is -0.882. The highest BCUT2D eigenvalue weighted by Crippen LogP contribution is 2.50. The number of hydrogen-bond acceptors (Lipinski definition) is 3. The van der Waals surface area contributed by atoms with Gasteiger partial charge >= 0.3 is 0 Å². The number of hydrogen-bond donors (Lipinski definition) is 0. The lowest BCUT2D eigenvalue weighted by Gasteiger charge is -2.13. The summed E-state index contributed by atoms with van der Waals surface area (Å²) in [6.45, 7) is 0. The molecule has 8 aromatic carbocycles. The van der Waals surface area contributed by atoms with Crippen molar-refractivity contribution in [2.24, 2.45) is 0 Å². The lowest BCUT2D eigenvalue weighted by molar-refractivity contribution is 0.620. The number of oxazole rings is 1. The van der Waals surface area contributed by atoms with Crippen molar-refractivity contribution in [3.63, 3.8) is 0 Å². The molecule has 4 heteroatoms. The summed E-state index contributed by atoms with van der Waals surface area (Å²) in [5.74, 6) is -0.619. The van der Waals surface area contributed by atoms with Gasteiger partial charge in [-0.15, -0.1) is 0 Å². The van der Waals surface area contributed by atoms with Gasteiger partial charge in [-0.05, 0) is 86.8 Å². The Kier molecular flexibility index (Phi) is 2.23. The molecule has 0 spiro atoms. The van der Waals surface area contributed by atoms with E-state index >= 15 is 0 Å². The van der Waals surface area contributed by atoms with Crippen molar-refractivity contribution in [2.75, 3.05) is 0 Å². The SMILES string of the molecule is [2H]c1c([2H])c([2H])c2c(c1[2H])-c1c([2H])c([2H])c([2H])c3c([2H])c([2H])c4c(c13)c1c-2c([2H])c([2H])c([2H])c1n4-c1c([2H])c([2H])c2oc3c4c([2H])c([2H])c([2H])c([2H])c4c(-c4nc5c([2H])c([2H])c([2H])c([2H])c5o4)c([2H])c3c2c1[2H]. The third kappa shape index (κ3) is 3.25. The van der Waals surface area contributed by atoms with Crippen molar-refractivity contribution in [1.82, 2.24) is 9.55 Å². The summed E-state index contributed by atoms with van der Waals surface area (Å²) in [4.78, 5) is 4.30. The van der Waals surface area contributed by atoms with Gasteiger partial charge in [0.1, 0.15) is 16.7 Å². The van der Waals surface area contributed by atoms with Crippen LogP contribution >= 0.6 is 0 Å². The number of benzene rings is 8. The number of furan rings is 1. The normalized spacial score (nSPS) is 19.3. The molecule has 11 aromatic rings. The van der Waals surface area contributed by atoms with Gasteiger partial charge in [0, 0.05) is 38.2 Å². The monoisotopic (exact) mass is 648 g/mol. The van der Waals surface area contributed by atoms with Crippen LogP contribution in [-0.4, -0.2) is 9.55 Å². The van der Waals surface area contributed by atoms with Gasteiger partial charge in [-0.25, -0.2) is 4.98 Å². The van der Waals surface area contributed by atoms with E-state index in [1.54, 1.807) is 0 Å². The Morgan fingerprint density at radius 3 is 2.10 bits per heavy atom. The average molecular weight is 649 g/mol. The quantitative estimate of drug-likeness (QED) is 0.187. The summed E-state index contributed by atoms with van der Waals surface area (Å²) in [5, 5.41) is -3.07. The largest absolute Gasteiger partial charge is 0.455 e. The number of rotatable bonds is 2. The first-order valence-electron chi connectivity index (χ1n) is 26.7. The number of fused-ring (bicyclic) bond motifs is 9. The molecule has 1 aliphatic rings. The summed E-state index contributed by atoms with van der Waals surface area (Å²) in [6, 6.07) is -18.4. The van der Waals surface area contributed by atoms with Crippen LogP contribution in [-0.2, 0) is 0 Å². The van der Waals surface area contributed by atoms with E-state index in [-0.39, 0.29) is 16.2 Å². The third-order valence-corrected chi connectivity index (χ3v) is 8.75. The van der Waals surface area contributed by atoms with Crippen LogP contribution < -0.4 is 0 Å². The van der Waals surface area contributed by atoms with Gasteiger partial charge in [0.15, 0.2) is 5.58 Å². The predicted octanol–water partition coefficient (Wildman–Crippen LogP) is 12.4. The van der Waals surface area contributed by atoms with Gasteiger partial charge in [0.05, 0.1) is 43.9 Å². The standard InChI is InChI=1S/C45H24N2O2/c1-2-11-28-27(10-1)30-14-7-9-25-19-21-38-43(41(25)30)42-31(28)15-8-17-37(42)47(38)26-20-22-39-33(23-26)34-24-35(29-12-3-4-13-32(29)44(34)48-39)45-46-36-16-5-6-18-40(36)49-45/h1-24H/i1D,2D,3D,4D,5D,6D,7D,8D,9D,10D,11D,12D,13D,14D,15D,16D,17D,18D,19D,20D,21D,22D,23D,24D. The lowest BCUT2D eigenvalue weighted by Crippen LogP contribution is -1.94. The Balaban J connectivity index is 1.35. The molecule has 0 aliphatic heterocycles. The van der Waals surface area contributed by atoms with E-state index in [0.717, 1.165) is 4.57 Å². The molecule has 0 amide bonds.